The van der Waals surface area contributed by atoms with Crippen LogP contribution >= 0.6 is 0 Å². The van der Waals surface area contributed by atoms with Gasteiger partial charge in [-0.25, -0.2) is 9.97 Å². The van der Waals surface area contributed by atoms with Crippen LogP contribution in [0.2, 0.25) is 0 Å². The number of carbonyl (C=O) groups excluding carboxylic acids is 1. The lowest BCUT2D eigenvalue weighted by Crippen LogP contribution is -2.39. The minimum Gasteiger partial charge on any atom is -0.448 e. The van der Waals surface area contributed by atoms with Gasteiger partial charge in [-0.15, -0.1) is 0 Å². The number of aromatic nitrogens is 2. The van der Waals surface area contributed by atoms with Gasteiger partial charge in [-0.3, -0.25) is 4.79 Å². The number of pyridine rings is 1. The van der Waals surface area contributed by atoms with Crippen LogP contribution in [0.4, 0.5) is 5.82 Å². The van der Waals surface area contributed by atoms with E-state index >= 15 is 0 Å². The Labute approximate surface area is 134 Å². The molecule has 23 heavy (non-hydrogen) atoms. The van der Waals surface area contributed by atoms with Crippen molar-refractivity contribution in [2.45, 2.75) is 32.4 Å². The van der Waals surface area contributed by atoms with Gasteiger partial charge in [0.2, 0.25) is 0 Å². The van der Waals surface area contributed by atoms with Crippen LogP contribution in [0.25, 0.3) is 0 Å². The predicted octanol–water partition coefficient (Wildman–Crippen LogP) is 1.27. The molecule has 122 valence electrons. The summed E-state index contributed by atoms with van der Waals surface area (Å²) >= 11 is 0. The van der Waals surface area contributed by atoms with Gasteiger partial charge in [-0.05, 0) is 25.8 Å². The maximum Gasteiger partial charge on any atom is 0.273 e. The number of nitrogens with one attached hydrogen (secondary N) is 1. The number of rotatable bonds is 4. The number of hydrogen-bond acceptors (Lipinski definition) is 6. The van der Waals surface area contributed by atoms with Crippen molar-refractivity contribution in [1.82, 2.24) is 15.3 Å². The number of hydrogen-bond donors (Lipinski definition) is 2. The highest BCUT2D eigenvalue weighted by atomic mass is 16.3. The van der Waals surface area contributed by atoms with E-state index in [9.17, 15) is 9.90 Å². The van der Waals surface area contributed by atoms with E-state index in [1.165, 1.54) is 6.39 Å². The van der Waals surface area contributed by atoms with Crippen molar-refractivity contribution in [3.8, 4) is 0 Å². The molecule has 0 radical (unpaired) electrons. The van der Waals surface area contributed by atoms with E-state index in [1.54, 1.807) is 13.1 Å². The number of nitrogens with zero attached hydrogens (tertiary/aromatic N) is 3. The Hall–Kier alpha value is -2.41. The maximum atomic E-state index is 12.1. The Morgan fingerprint density at radius 3 is 3.13 bits per heavy atom. The zero-order chi connectivity index (χ0) is 16.2. The number of oxazole rings is 1. The van der Waals surface area contributed by atoms with Crippen molar-refractivity contribution < 1.29 is 14.3 Å². The summed E-state index contributed by atoms with van der Waals surface area (Å²) in [5, 5.41) is 12.7. The standard InChI is InChI=1S/C16H20N4O3/c1-11-14(19-10-23-11)16(22)18-8-12-4-2-6-17-15(12)20-7-3-5-13(21)9-20/h2,4,6,10,13,21H,3,5,7-9H2,1H3,(H,18,22). The van der Waals surface area contributed by atoms with E-state index in [2.05, 4.69) is 20.2 Å². The van der Waals surface area contributed by atoms with E-state index < -0.39 is 0 Å². The monoisotopic (exact) mass is 316 g/mol. The first kappa shape index (κ1) is 15.5. The van der Waals surface area contributed by atoms with Gasteiger partial charge in [0.1, 0.15) is 11.6 Å². The Kier molecular flexibility index (Phi) is 4.57. The molecule has 1 saturated heterocycles. The number of β-amino-alcohol motifs (C(OH)–C–C–N with tert-alkyl or cyclic N) is 1. The van der Waals surface area contributed by atoms with Crippen molar-refractivity contribution in [3.05, 3.63) is 41.7 Å². The molecule has 1 aliphatic rings. The molecule has 2 aromatic heterocycles. The number of aliphatic hydroxyl groups is 1. The molecule has 7 heteroatoms. The van der Waals surface area contributed by atoms with Crippen LogP contribution in [-0.4, -0.2) is 40.2 Å². The summed E-state index contributed by atoms with van der Waals surface area (Å²) in [5.41, 5.74) is 1.21. The van der Waals surface area contributed by atoms with E-state index in [1.807, 2.05) is 12.1 Å². The van der Waals surface area contributed by atoms with Crippen LogP contribution in [0.3, 0.4) is 0 Å². The molecular formula is C16H20N4O3. The Bertz CT molecular complexity index is 685. The molecule has 0 saturated carbocycles. The van der Waals surface area contributed by atoms with Crippen LogP contribution in [0.5, 0.6) is 0 Å². The number of piperidine rings is 1. The zero-order valence-corrected chi connectivity index (χ0v) is 13.0. The van der Waals surface area contributed by atoms with Crippen molar-refractivity contribution in [2.75, 3.05) is 18.0 Å². The van der Waals surface area contributed by atoms with Crippen LogP contribution in [0.1, 0.15) is 34.7 Å². The SMILES string of the molecule is Cc1ocnc1C(=O)NCc1cccnc1N1CCCC(O)C1. The van der Waals surface area contributed by atoms with Crippen LogP contribution in [0.15, 0.2) is 29.1 Å². The lowest BCUT2D eigenvalue weighted by molar-refractivity contribution is 0.0945. The molecule has 2 N–H and O–H groups in total. The first-order valence-electron chi connectivity index (χ1n) is 7.70. The summed E-state index contributed by atoms with van der Waals surface area (Å²) < 4.78 is 5.05. The third-order valence-electron chi connectivity index (χ3n) is 3.96. The van der Waals surface area contributed by atoms with Crippen molar-refractivity contribution in [2.24, 2.45) is 0 Å². The van der Waals surface area contributed by atoms with Crippen LogP contribution < -0.4 is 10.2 Å². The number of aliphatic hydroxyl groups excluding tert-OH is 1. The van der Waals surface area contributed by atoms with Crippen LogP contribution in [0, 0.1) is 6.92 Å². The predicted molar refractivity (Wildman–Crippen MR) is 84.1 cm³/mol. The lowest BCUT2D eigenvalue weighted by atomic mass is 10.1. The third-order valence-corrected chi connectivity index (χ3v) is 3.96. The van der Waals surface area contributed by atoms with E-state index in [4.69, 9.17) is 4.42 Å². The van der Waals surface area contributed by atoms with E-state index in [0.717, 1.165) is 30.8 Å². The van der Waals surface area contributed by atoms with Gasteiger partial charge in [0.05, 0.1) is 6.10 Å². The highest BCUT2D eigenvalue weighted by molar-refractivity contribution is 5.93. The number of anilines is 1. The average Bonchev–Trinajstić information content (AvgIpc) is 2.99. The number of carbonyl (C=O) groups is 1. The lowest BCUT2D eigenvalue weighted by Gasteiger charge is -2.32. The highest BCUT2D eigenvalue weighted by Gasteiger charge is 2.21. The molecule has 3 rings (SSSR count). The first-order valence-corrected chi connectivity index (χ1v) is 7.70. The van der Waals surface area contributed by atoms with Gasteiger partial charge in [-0.2, -0.15) is 0 Å². The van der Waals surface area contributed by atoms with Crippen molar-refractivity contribution in [1.29, 1.82) is 0 Å². The van der Waals surface area contributed by atoms with Gasteiger partial charge < -0.3 is 19.7 Å². The van der Waals surface area contributed by atoms with E-state index in [0.29, 0.717) is 24.5 Å². The van der Waals surface area contributed by atoms with Gasteiger partial charge in [0, 0.05) is 31.4 Å². The van der Waals surface area contributed by atoms with Gasteiger partial charge in [0.25, 0.3) is 5.91 Å². The second kappa shape index (κ2) is 6.78. The minimum absolute atomic E-state index is 0.273. The van der Waals surface area contributed by atoms with Crippen molar-refractivity contribution >= 4 is 11.7 Å². The Balaban J connectivity index is 1.71. The zero-order valence-electron chi connectivity index (χ0n) is 13.0. The summed E-state index contributed by atoms with van der Waals surface area (Å²) in [6.07, 6.45) is 4.41. The Morgan fingerprint density at radius 1 is 1.52 bits per heavy atom. The molecule has 1 aliphatic heterocycles. The van der Waals surface area contributed by atoms with Crippen LogP contribution in [-0.2, 0) is 6.54 Å². The fourth-order valence-electron chi connectivity index (χ4n) is 2.78. The summed E-state index contributed by atoms with van der Waals surface area (Å²) in [6.45, 7) is 3.48. The minimum atomic E-state index is -0.328. The molecule has 0 spiro atoms. The molecule has 7 nitrogen and oxygen atoms in total. The smallest absolute Gasteiger partial charge is 0.273 e. The normalized spacial score (nSPS) is 18.0. The molecule has 0 aliphatic carbocycles. The molecule has 1 amide bonds. The largest absolute Gasteiger partial charge is 0.448 e. The molecule has 1 unspecified atom stereocenters. The third kappa shape index (κ3) is 3.50. The summed E-state index contributed by atoms with van der Waals surface area (Å²) in [7, 11) is 0. The molecule has 0 aromatic carbocycles. The second-order valence-corrected chi connectivity index (χ2v) is 5.67. The molecule has 0 bridgehead atoms. The fraction of sp³-hybridized carbons (Fsp3) is 0.438. The summed E-state index contributed by atoms with van der Waals surface area (Å²) in [4.78, 5) is 22.5. The molecule has 1 fully saturated rings. The quantitative estimate of drug-likeness (QED) is 0.882. The second-order valence-electron chi connectivity index (χ2n) is 5.67. The molecule has 1 atom stereocenters. The molecular weight excluding hydrogens is 296 g/mol. The van der Waals surface area contributed by atoms with Gasteiger partial charge in [-0.1, -0.05) is 6.07 Å². The summed E-state index contributed by atoms with van der Waals surface area (Å²) in [6, 6.07) is 3.77. The number of aryl methyl sites for hydroxylation is 1. The topological polar surface area (TPSA) is 91.5 Å². The maximum absolute atomic E-state index is 12.1. The van der Waals surface area contributed by atoms with Crippen molar-refractivity contribution in [3.63, 3.8) is 0 Å². The van der Waals surface area contributed by atoms with Gasteiger partial charge >= 0.3 is 0 Å². The fourth-order valence-corrected chi connectivity index (χ4v) is 2.78. The van der Waals surface area contributed by atoms with Gasteiger partial charge in [0.15, 0.2) is 12.1 Å². The molecule has 2 aromatic rings. The molecule has 3 heterocycles. The average molecular weight is 316 g/mol. The summed E-state index contributed by atoms with van der Waals surface area (Å²) in [5.74, 6) is 1.03. The Morgan fingerprint density at radius 2 is 2.39 bits per heavy atom. The first-order chi connectivity index (χ1) is 11.1. The van der Waals surface area contributed by atoms with E-state index in [-0.39, 0.29) is 12.0 Å². The number of amides is 1. The highest BCUT2D eigenvalue weighted by Crippen LogP contribution is 2.21.